The Balaban J connectivity index is 4.64. The van der Waals surface area contributed by atoms with Crippen LogP contribution < -0.4 is 0 Å². The van der Waals surface area contributed by atoms with Crippen LogP contribution in [0.4, 0.5) is 0 Å². The number of rotatable bonds is 42. The largest absolute Gasteiger partial charge is 0.462 e. The summed E-state index contributed by atoms with van der Waals surface area (Å²) >= 11 is 0. The molecule has 0 amide bonds. The Bertz CT molecular complexity index is 1670. The van der Waals surface area contributed by atoms with Crippen LogP contribution in [0.5, 0.6) is 0 Å². The van der Waals surface area contributed by atoms with Crippen LogP contribution in [-0.4, -0.2) is 37.2 Å². The van der Waals surface area contributed by atoms with Crippen molar-refractivity contribution in [3.63, 3.8) is 0 Å². The summed E-state index contributed by atoms with van der Waals surface area (Å²) in [7, 11) is 0. The quantitative estimate of drug-likeness (QED) is 0.0200. The number of carbonyl (C=O) groups excluding carboxylic acids is 3. The summed E-state index contributed by atoms with van der Waals surface area (Å²) in [6, 6.07) is 0. The molecule has 67 heavy (non-hydrogen) atoms. The van der Waals surface area contributed by atoms with Gasteiger partial charge in [-0.2, -0.15) is 0 Å². The third kappa shape index (κ3) is 51.4. The van der Waals surface area contributed by atoms with Gasteiger partial charge in [-0.25, -0.2) is 0 Å². The Labute approximate surface area is 408 Å². The number of ether oxygens (including phenoxy) is 3. The van der Waals surface area contributed by atoms with Crippen LogP contribution in [0, 0.1) is 0 Å². The van der Waals surface area contributed by atoms with E-state index in [9.17, 15) is 14.4 Å². The zero-order valence-corrected chi connectivity index (χ0v) is 41.8. The molecule has 0 rings (SSSR count). The summed E-state index contributed by atoms with van der Waals surface area (Å²) in [5.74, 6) is -1.07. The predicted octanol–water partition coefficient (Wildman–Crippen LogP) is 17.0. The minimum absolute atomic E-state index is 0.138. The van der Waals surface area contributed by atoms with Crippen molar-refractivity contribution in [3.05, 3.63) is 182 Å². The van der Waals surface area contributed by atoms with E-state index >= 15 is 0 Å². The zero-order chi connectivity index (χ0) is 48.6. The minimum Gasteiger partial charge on any atom is -0.462 e. The molecule has 1 atom stereocenters. The Hall–Kier alpha value is -5.49. The van der Waals surface area contributed by atoms with Gasteiger partial charge >= 0.3 is 17.9 Å². The zero-order valence-electron chi connectivity index (χ0n) is 41.8. The summed E-state index contributed by atoms with van der Waals surface area (Å²) in [4.78, 5) is 38.0. The van der Waals surface area contributed by atoms with Crippen molar-refractivity contribution in [3.8, 4) is 0 Å². The van der Waals surface area contributed by atoms with Crippen molar-refractivity contribution >= 4 is 17.9 Å². The first kappa shape index (κ1) is 61.5. The highest BCUT2D eigenvalue weighted by Gasteiger charge is 2.19. The van der Waals surface area contributed by atoms with E-state index in [1.807, 2.05) is 97.2 Å². The maximum atomic E-state index is 12.8. The molecule has 0 aromatic rings. The molecule has 0 aliphatic heterocycles. The molecule has 0 aliphatic rings. The van der Waals surface area contributed by atoms with E-state index < -0.39 is 6.10 Å². The number of unbranched alkanes of at least 4 members (excludes halogenated alkanes) is 9. The second-order valence-electron chi connectivity index (χ2n) is 15.8. The highest BCUT2D eigenvalue weighted by molar-refractivity contribution is 5.71. The molecule has 0 aromatic carbocycles. The van der Waals surface area contributed by atoms with Crippen molar-refractivity contribution < 1.29 is 28.6 Å². The van der Waals surface area contributed by atoms with Crippen molar-refractivity contribution in [2.75, 3.05) is 13.2 Å². The summed E-state index contributed by atoms with van der Waals surface area (Å²) in [5, 5.41) is 0. The van der Waals surface area contributed by atoms with Crippen molar-refractivity contribution in [2.24, 2.45) is 0 Å². The lowest BCUT2D eigenvalue weighted by Crippen LogP contribution is -2.30. The summed E-state index contributed by atoms with van der Waals surface area (Å²) in [6.07, 6.45) is 80.1. The monoisotopic (exact) mass is 917 g/mol. The highest BCUT2D eigenvalue weighted by Crippen LogP contribution is 2.11. The standard InChI is InChI=1S/C61H88O6/c1-4-7-10-13-16-19-22-25-27-29-30-32-33-36-39-42-45-48-51-54-60(63)66-57-58(56-65-59(62)53-50-47-44-41-38-35-24-21-18-15-12-9-6-3)67-61(64)55-52-49-46-43-40-37-34-31-28-26-23-20-17-14-11-8-5-2/h7-12,14-21,23-28,30-32,34-40,58H,4-6,13,22,29,33,41-57H2,1-3H3/b10-7+,11-8+,12-9+,17-14+,18-15+,19-16+,23-20+,24-21+,27-25+,28-26+,32-30+,34-31+,38-35+,39-36+,40-37+. The topological polar surface area (TPSA) is 78.9 Å². The molecule has 0 radical (unpaired) electrons. The molecule has 0 N–H and O–H groups in total. The fraction of sp³-hybridized carbons (Fsp3) is 0.459. The highest BCUT2D eigenvalue weighted by atomic mass is 16.6. The van der Waals surface area contributed by atoms with Crippen LogP contribution in [0.1, 0.15) is 162 Å². The Morgan fingerprint density at radius 3 is 0.985 bits per heavy atom. The number of allylic oxidation sites excluding steroid dienone is 30. The summed E-state index contributed by atoms with van der Waals surface area (Å²) < 4.78 is 16.7. The predicted molar refractivity (Wildman–Crippen MR) is 287 cm³/mol. The molecule has 0 aliphatic carbocycles. The molecular formula is C61H88O6. The molecular weight excluding hydrogens is 829 g/mol. The van der Waals surface area contributed by atoms with Crippen molar-refractivity contribution in [1.82, 2.24) is 0 Å². The van der Waals surface area contributed by atoms with Gasteiger partial charge in [0.15, 0.2) is 6.10 Å². The van der Waals surface area contributed by atoms with Crippen LogP contribution in [0.3, 0.4) is 0 Å². The molecule has 6 heteroatoms. The van der Waals surface area contributed by atoms with Gasteiger partial charge in [-0.15, -0.1) is 0 Å². The minimum atomic E-state index is -0.842. The Kier molecular flexibility index (Phi) is 48.8. The molecule has 0 heterocycles. The van der Waals surface area contributed by atoms with E-state index in [-0.39, 0.29) is 44.0 Å². The lowest BCUT2D eigenvalue weighted by atomic mass is 10.1. The van der Waals surface area contributed by atoms with Gasteiger partial charge in [0.1, 0.15) is 13.2 Å². The van der Waals surface area contributed by atoms with Crippen LogP contribution >= 0.6 is 0 Å². The van der Waals surface area contributed by atoms with Crippen molar-refractivity contribution in [1.29, 1.82) is 0 Å². The number of esters is 3. The van der Waals surface area contributed by atoms with Gasteiger partial charge in [-0.3, -0.25) is 14.4 Å². The fourth-order valence-corrected chi connectivity index (χ4v) is 5.92. The van der Waals surface area contributed by atoms with Gasteiger partial charge in [-0.1, -0.05) is 222 Å². The van der Waals surface area contributed by atoms with E-state index in [0.29, 0.717) is 19.3 Å². The average Bonchev–Trinajstić information content (AvgIpc) is 3.33. The Morgan fingerprint density at radius 1 is 0.313 bits per heavy atom. The van der Waals surface area contributed by atoms with E-state index in [2.05, 4.69) is 106 Å². The smallest absolute Gasteiger partial charge is 0.306 e. The molecule has 0 saturated heterocycles. The first-order valence-corrected chi connectivity index (χ1v) is 25.4. The molecule has 0 spiro atoms. The van der Waals surface area contributed by atoms with Crippen LogP contribution in [0.15, 0.2) is 182 Å². The first-order chi connectivity index (χ1) is 33.0. The van der Waals surface area contributed by atoms with Gasteiger partial charge in [0, 0.05) is 19.3 Å². The number of hydrogen-bond acceptors (Lipinski definition) is 6. The molecule has 0 aromatic heterocycles. The Morgan fingerprint density at radius 2 is 0.612 bits per heavy atom. The SMILES string of the molecule is CC/C=C/C=C/C=C/C=C/C=C/C=C/CCCCCC(=O)OC(COC(=O)CCCCC/C=C/C=C/C=C/C=C/CC)COC(=O)CCCCC/C=C/C/C=C/C/C=C/C/C=C/C/C=C/CC. The second-order valence-corrected chi connectivity index (χ2v) is 15.8. The first-order valence-electron chi connectivity index (χ1n) is 25.4. The second kappa shape index (κ2) is 53.1. The van der Waals surface area contributed by atoms with E-state index in [1.165, 1.54) is 0 Å². The third-order valence-corrected chi connectivity index (χ3v) is 9.64. The lowest BCUT2D eigenvalue weighted by molar-refractivity contribution is -0.167. The van der Waals surface area contributed by atoms with Crippen molar-refractivity contribution in [2.45, 2.75) is 168 Å². The van der Waals surface area contributed by atoms with Gasteiger partial charge in [0.2, 0.25) is 0 Å². The summed E-state index contributed by atoms with van der Waals surface area (Å²) in [5.41, 5.74) is 0. The molecule has 6 nitrogen and oxygen atoms in total. The maximum Gasteiger partial charge on any atom is 0.306 e. The lowest BCUT2D eigenvalue weighted by Gasteiger charge is -2.18. The summed E-state index contributed by atoms with van der Waals surface area (Å²) in [6.45, 7) is 6.09. The van der Waals surface area contributed by atoms with E-state index in [1.54, 1.807) is 0 Å². The molecule has 0 bridgehead atoms. The number of hydrogen-bond donors (Lipinski definition) is 0. The van der Waals surface area contributed by atoms with Crippen LogP contribution in [-0.2, 0) is 28.6 Å². The molecule has 0 fully saturated rings. The number of carbonyl (C=O) groups is 3. The fourth-order valence-electron chi connectivity index (χ4n) is 5.92. The van der Waals surface area contributed by atoms with Crippen LogP contribution in [0.2, 0.25) is 0 Å². The molecule has 1 unspecified atom stereocenters. The van der Waals surface area contributed by atoms with Gasteiger partial charge in [0.05, 0.1) is 0 Å². The van der Waals surface area contributed by atoms with E-state index in [0.717, 1.165) is 109 Å². The normalized spacial score (nSPS) is 13.7. The maximum absolute atomic E-state index is 12.8. The average molecular weight is 917 g/mol. The van der Waals surface area contributed by atoms with Crippen LogP contribution in [0.25, 0.3) is 0 Å². The van der Waals surface area contributed by atoms with Gasteiger partial charge in [-0.05, 0) is 103 Å². The van der Waals surface area contributed by atoms with Gasteiger partial charge < -0.3 is 14.2 Å². The molecule has 0 saturated carbocycles. The van der Waals surface area contributed by atoms with E-state index in [4.69, 9.17) is 14.2 Å². The molecule has 368 valence electrons. The third-order valence-electron chi connectivity index (χ3n) is 9.64. The van der Waals surface area contributed by atoms with Gasteiger partial charge in [0.25, 0.3) is 0 Å².